The minimum absolute atomic E-state index is 0.244. The van der Waals surface area contributed by atoms with E-state index in [0.717, 1.165) is 12.5 Å². The maximum atomic E-state index is 9.72. The van der Waals surface area contributed by atoms with Gasteiger partial charge in [0.15, 0.2) is 0 Å². The summed E-state index contributed by atoms with van der Waals surface area (Å²) < 4.78 is 0. The topological polar surface area (TPSA) is 46.2 Å². The van der Waals surface area contributed by atoms with Gasteiger partial charge in [0.05, 0.1) is 0 Å². The van der Waals surface area contributed by atoms with E-state index in [1.165, 1.54) is 38.5 Å². The van der Waals surface area contributed by atoms with Crippen LogP contribution in [0.1, 0.15) is 45.4 Å². The normalized spacial score (nSPS) is 57.4. The Morgan fingerprint density at radius 1 is 1.13 bits per heavy atom. The molecule has 0 aromatic rings. The molecule has 4 aliphatic rings. The number of rotatable bonds is 2. The van der Waals surface area contributed by atoms with Crippen molar-refractivity contribution in [2.24, 2.45) is 27.9 Å². The van der Waals surface area contributed by atoms with Crippen LogP contribution in [0.2, 0.25) is 0 Å². The number of aliphatic hydroxyl groups is 1. The van der Waals surface area contributed by atoms with E-state index in [1.54, 1.807) is 0 Å². The van der Waals surface area contributed by atoms with Crippen molar-refractivity contribution >= 4 is 0 Å². The van der Waals surface area contributed by atoms with Crippen molar-refractivity contribution in [3.8, 4) is 0 Å². The van der Waals surface area contributed by atoms with E-state index in [4.69, 9.17) is 5.73 Å². The Hall–Kier alpha value is -0.0800. The summed E-state index contributed by atoms with van der Waals surface area (Å²) in [5.74, 6) is 0.849. The molecule has 0 heterocycles. The Morgan fingerprint density at radius 2 is 1.80 bits per heavy atom. The van der Waals surface area contributed by atoms with Crippen LogP contribution in [0.5, 0.6) is 0 Å². The minimum Gasteiger partial charge on any atom is -0.396 e. The summed E-state index contributed by atoms with van der Waals surface area (Å²) in [6.07, 6.45) is 7.74. The highest BCUT2D eigenvalue weighted by atomic mass is 16.3. The van der Waals surface area contributed by atoms with Crippen molar-refractivity contribution in [1.29, 1.82) is 0 Å². The predicted octanol–water partition coefficient (Wildman–Crippen LogP) is 1.91. The highest BCUT2D eigenvalue weighted by molar-refractivity contribution is 5.11. The summed E-state index contributed by atoms with van der Waals surface area (Å²) in [5.41, 5.74) is 7.14. The molecule has 0 aromatic carbocycles. The van der Waals surface area contributed by atoms with E-state index in [0.29, 0.717) is 17.4 Å². The lowest BCUT2D eigenvalue weighted by atomic mass is 9.40. The van der Waals surface area contributed by atoms with E-state index < -0.39 is 0 Å². The number of hydrogen-bond acceptors (Lipinski definition) is 2. The van der Waals surface area contributed by atoms with Gasteiger partial charge in [-0.3, -0.25) is 0 Å². The minimum atomic E-state index is 0.244. The van der Waals surface area contributed by atoms with E-state index in [9.17, 15) is 5.11 Å². The fraction of sp³-hybridized carbons (Fsp3) is 1.00. The first kappa shape index (κ1) is 10.1. The number of nitrogens with two attached hydrogens (primary N) is 1. The van der Waals surface area contributed by atoms with Gasteiger partial charge >= 0.3 is 0 Å². The first-order chi connectivity index (χ1) is 7.03. The third-order valence-electron chi connectivity index (χ3n) is 5.35. The average Bonchev–Trinajstić information content (AvgIpc) is 2.14. The Bertz CT molecular complexity index is 268. The van der Waals surface area contributed by atoms with Gasteiger partial charge in [-0.2, -0.15) is 0 Å². The van der Waals surface area contributed by atoms with Gasteiger partial charge in [-0.1, -0.05) is 6.92 Å². The molecule has 86 valence electrons. The molecule has 0 spiro atoms. The monoisotopic (exact) mass is 209 g/mol. The van der Waals surface area contributed by atoms with Crippen LogP contribution in [0.3, 0.4) is 0 Å². The van der Waals surface area contributed by atoms with Crippen LogP contribution < -0.4 is 5.73 Å². The zero-order valence-corrected chi connectivity index (χ0v) is 9.76. The first-order valence-electron chi connectivity index (χ1n) is 6.34. The second kappa shape index (κ2) is 2.78. The summed E-state index contributed by atoms with van der Waals surface area (Å²) >= 11 is 0. The summed E-state index contributed by atoms with van der Waals surface area (Å²) in [7, 11) is 0. The lowest BCUT2D eigenvalue weighted by molar-refractivity contribution is -0.162. The van der Waals surface area contributed by atoms with Crippen LogP contribution in [0, 0.1) is 22.2 Å². The molecule has 2 nitrogen and oxygen atoms in total. The molecule has 2 heteroatoms. The van der Waals surface area contributed by atoms with Gasteiger partial charge in [0.2, 0.25) is 0 Å². The molecule has 15 heavy (non-hydrogen) atoms. The summed E-state index contributed by atoms with van der Waals surface area (Å²) in [6.45, 7) is 3.65. The molecule has 0 saturated heterocycles. The molecule has 3 N–H and O–H groups in total. The highest BCUT2D eigenvalue weighted by Crippen LogP contribution is 2.69. The molecule has 0 aliphatic heterocycles. The van der Waals surface area contributed by atoms with Gasteiger partial charge in [0.25, 0.3) is 0 Å². The highest BCUT2D eigenvalue weighted by Gasteiger charge is 2.60. The van der Waals surface area contributed by atoms with Gasteiger partial charge in [0.1, 0.15) is 0 Å². The van der Waals surface area contributed by atoms with Gasteiger partial charge in [-0.05, 0) is 67.2 Å². The Balaban J connectivity index is 2.00. The molecular formula is C13H23NO. The van der Waals surface area contributed by atoms with Gasteiger partial charge in [-0.25, -0.2) is 0 Å². The van der Waals surface area contributed by atoms with Crippen molar-refractivity contribution in [1.82, 2.24) is 0 Å². The lowest BCUT2D eigenvalue weighted by Gasteiger charge is -2.65. The molecule has 4 atom stereocenters. The molecule has 4 rings (SSSR count). The van der Waals surface area contributed by atoms with Crippen molar-refractivity contribution in [3.63, 3.8) is 0 Å². The summed E-state index contributed by atoms with van der Waals surface area (Å²) in [6, 6.07) is 0. The third kappa shape index (κ3) is 1.31. The maximum absolute atomic E-state index is 9.72. The lowest BCUT2D eigenvalue weighted by Crippen LogP contribution is -2.59. The van der Waals surface area contributed by atoms with Crippen LogP contribution >= 0.6 is 0 Å². The third-order valence-corrected chi connectivity index (χ3v) is 5.35. The average molecular weight is 209 g/mol. The molecular weight excluding hydrogens is 186 g/mol. The van der Waals surface area contributed by atoms with Crippen LogP contribution in [0.4, 0.5) is 0 Å². The Kier molecular flexibility index (Phi) is 1.87. The maximum Gasteiger partial charge on any atom is 0.0487 e. The zero-order valence-electron chi connectivity index (χ0n) is 9.76. The first-order valence-corrected chi connectivity index (χ1v) is 6.34. The molecule has 4 aliphatic carbocycles. The van der Waals surface area contributed by atoms with Crippen molar-refractivity contribution in [2.75, 3.05) is 13.2 Å². The van der Waals surface area contributed by atoms with Crippen molar-refractivity contribution in [3.05, 3.63) is 0 Å². The Labute approximate surface area is 92.2 Å². The van der Waals surface area contributed by atoms with Crippen LogP contribution in [-0.2, 0) is 0 Å². The largest absolute Gasteiger partial charge is 0.396 e. The predicted molar refractivity (Wildman–Crippen MR) is 60.3 cm³/mol. The molecule has 0 amide bonds. The van der Waals surface area contributed by atoms with Gasteiger partial charge < -0.3 is 10.8 Å². The molecule has 0 radical (unpaired) electrons. The standard InChI is InChI=1S/C13H23NO/c1-11-2-10-3-12(5-11,8-14)7-13(4-10,6-11)9-15/h10,15H,2-9,14H2,1H3. The Morgan fingerprint density at radius 3 is 2.40 bits per heavy atom. The fourth-order valence-corrected chi connectivity index (χ4v) is 5.77. The van der Waals surface area contributed by atoms with Gasteiger partial charge in [-0.15, -0.1) is 0 Å². The van der Waals surface area contributed by atoms with Crippen LogP contribution in [0.25, 0.3) is 0 Å². The SMILES string of the molecule is CC12CC3CC(CN)(C1)CC(CO)(C3)C2. The second-order valence-electron chi connectivity index (χ2n) is 7.18. The summed E-state index contributed by atoms with van der Waals surface area (Å²) in [5, 5.41) is 9.72. The molecule has 4 bridgehead atoms. The number of hydrogen-bond donors (Lipinski definition) is 2. The summed E-state index contributed by atoms with van der Waals surface area (Å²) in [4.78, 5) is 0. The van der Waals surface area contributed by atoms with Crippen LogP contribution in [0.15, 0.2) is 0 Å². The molecule has 4 unspecified atom stereocenters. The molecule has 0 aromatic heterocycles. The van der Waals surface area contributed by atoms with Crippen molar-refractivity contribution < 1.29 is 5.11 Å². The number of aliphatic hydroxyl groups excluding tert-OH is 1. The fourth-order valence-electron chi connectivity index (χ4n) is 5.77. The van der Waals surface area contributed by atoms with E-state index in [2.05, 4.69) is 6.92 Å². The van der Waals surface area contributed by atoms with E-state index in [1.807, 2.05) is 0 Å². The van der Waals surface area contributed by atoms with E-state index >= 15 is 0 Å². The quantitative estimate of drug-likeness (QED) is 0.730. The van der Waals surface area contributed by atoms with Gasteiger partial charge in [0, 0.05) is 6.61 Å². The van der Waals surface area contributed by atoms with Crippen molar-refractivity contribution in [2.45, 2.75) is 45.4 Å². The molecule has 4 saturated carbocycles. The zero-order chi connectivity index (χ0) is 10.7. The van der Waals surface area contributed by atoms with E-state index in [-0.39, 0.29) is 5.41 Å². The second-order valence-corrected chi connectivity index (χ2v) is 7.18. The smallest absolute Gasteiger partial charge is 0.0487 e. The molecule has 4 fully saturated rings. The van der Waals surface area contributed by atoms with Crippen LogP contribution in [-0.4, -0.2) is 18.3 Å².